The van der Waals surface area contributed by atoms with E-state index in [9.17, 15) is 4.79 Å². The number of carbonyl (C=O) groups is 1. The van der Waals surface area contributed by atoms with Gasteiger partial charge in [-0.2, -0.15) is 0 Å². The van der Waals surface area contributed by atoms with Crippen LogP contribution in [-0.2, 0) is 0 Å². The van der Waals surface area contributed by atoms with E-state index in [1.807, 2.05) is 24.3 Å². The molecule has 1 heterocycles. The van der Waals surface area contributed by atoms with Crippen molar-refractivity contribution in [2.24, 2.45) is 5.92 Å². The first kappa shape index (κ1) is 12.0. The largest absolute Gasteiger partial charge is 0.477 e. The summed E-state index contributed by atoms with van der Waals surface area (Å²) >= 11 is 0. The van der Waals surface area contributed by atoms with Crippen LogP contribution in [0.5, 0.6) is 0 Å². The lowest BCUT2D eigenvalue weighted by Crippen LogP contribution is -2.21. The number of hydrogen-bond acceptors (Lipinski definition) is 3. The highest BCUT2D eigenvalue weighted by Crippen LogP contribution is 2.28. The van der Waals surface area contributed by atoms with Crippen LogP contribution in [0.4, 0.5) is 5.82 Å². The van der Waals surface area contributed by atoms with Gasteiger partial charge in [0.05, 0.1) is 0 Å². The Bertz CT molecular complexity index is 621. The Morgan fingerprint density at radius 1 is 1.37 bits per heavy atom. The van der Waals surface area contributed by atoms with Gasteiger partial charge in [0.15, 0.2) is 5.69 Å². The maximum atomic E-state index is 11.1. The third-order valence-corrected chi connectivity index (χ3v) is 3.74. The van der Waals surface area contributed by atoms with Gasteiger partial charge in [-0.05, 0) is 30.2 Å². The zero-order valence-electron chi connectivity index (χ0n) is 10.6. The van der Waals surface area contributed by atoms with E-state index in [0.717, 1.165) is 17.3 Å². The average molecular weight is 256 g/mol. The van der Waals surface area contributed by atoms with Gasteiger partial charge < -0.3 is 10.4 Å². The third kappa shape index (κ3) is 2.38. The Hall–Kier alpha value is -2.10. The molecule has 98 valence electrons. The second-order valence-corrected chi connectivity index (χ2v) is 5.06. The molecule has 0 saturated heterocycles. The van der Waals surface area contributed by atoms with Crippen LogP contribution in [0, 0.1) is 5.92 Å². The van der Waals surface area contributed by atoms with E-state index < -0.39 is 5.97 Å². The molecule has 1 aliphatic rings. The van der Waals surface area contributed by atoms with Gasteiger partial charge in [0.2, 0.25) is 0 Å². The Balaban J connectivity index is 1.96. The molecule has 0 spiro atoms. The quantitative estimate of drug-likeness (QED) is 0.882. The van der Waals surface area contributed by atoms with Gasteiger partial charge in [0.25, 0.3) is 0 Å². The minimum absolute atomic E-state index is 0.0924. The molecule has 1 saturated carbocycles. The normalized spacial score (nSPS) is 15.2. The number of anilines is 1. The van der Waals surface area contributed by atoms with Crippen molar-refractivity contribution >= 4 is 22.6 Å². The van der Waals surface area contributed by atoms with Crippen LogP contribution in [-0.4, -0.2) is 22.6 Å². The first-order chi connectivity index (χ1) is 9.24. The van der Waals surface area contributed by atoms with Crippen molar-refractivity contribution in [3.63, 3.8) is 0 Å². The number of aromatic carboxylic acids is 1. The number of pyridine rings is 1. The number of benzene rings is 1. The Kier molecular flexibility index (Phi) is 3.07. The summed E-state index contributed by atoms with van der Waals surface area (Å²) in [6, 6.07) is 9.35. The van der Waals surface area contributed by atoms with E-state index in [1.54, 1.807) is 6.07 Å². The average Bonchev–Trinajstić information content (AvgIpc) is 2.36. The van der Waals surface area contributed by atoms with Crippen molar-refractivity contribution in [3.8, 4) is 0 Å². The van der Waals surface area contributed by atoms with Crippen LogP contribution < -0.4 is 5.32 Å². The van der Waals surface area contributed by atoms with E-state index in [1.165, 1.54) is 19.3 Å². The monoisotopic (exact) mass is 256 g/mol. The standard InChI is InChI=1S/C15H16N2O2/c18-15(19)13-8-11-6-1-2-7-12(11)14(17-13)16-9-10-4-3-5-10/h1-2,6-8,10H,3-5,9H2,(H,16,17)(H,18,19). The van der Waals surface area contributed by atoms with Crippen molar-refractivity contribution in [2.45, 2.75) is 19.3 Å². The summed E-state index contributed by atoms with van der Waals surface area (Å²) in [5.74, 6) is 0.397. The summed E-state index contributed by atoms with van der Waals surface area (Å²) in [6.07, 6.45) is 3.81. The second kappa shape index (κ2) is 4.88. The molecule has 3 rings (SSSR count). The van der Waals surface area contributed by atoms with Gasteiger partial charge >= 0.3 is 5.97 Å². The van der Waals surface area contributed by atoms with Crippen molar-refractivity contribution in [3.05, 3.63) is 36.0 Å². The van der Waals surface area contributed by atoms with Gasteiger partial charge in [-0.15, -0.1) is 0 Å². The summed E-state index contributed by atoms with van der Waals surface area (Å²) in [4.78, 5) is 15.3. The van der Waals surface area contributed by atoms with Gasteiger partial charge in [-0.3, -0.25) is 0 Å². The lowest BCUT2D eigenvalue weighted by Gasteiger charge is -2.25. The maximum absolute atomic E-state index is 11.1. The predicted molar refractivity (Wildman–Crippen MR) is 74.5 cm³/mol. The fourth-order valence-electron chi connectivity index (χ4n) is 2.38. The van der Waals surface area contributed by atoms with Crippen molar-refractivity contribution in [1.82, 2.24) is 4.98 Å². The summed E-state index contributed by atoms with van der Waals surface area (Å²) in [5, 5.41) is 14.3. The minimum Gasteiger partial charge on any atom is -0.477 e. The molecular formula is C15H16N2O2. The highest BCUT2D eigenvalue weighted by atomic mass is 16.4. The number of rotatable bonds is 4. The number of nitrogens with one attached hydrogen (secondary N) is 1. The number of carboxylic acids is 1. The van der Waals surface area contributed by atoms with Crippen molar-refractivity contribution in [2.75, 3.05) is 11.9 Å². The lowest BCUT2D eigenvalue weighted by atomic mass is 9.85. The molecule has 2 N–H and O–H groups in total. The van der Waals surface area contributed by atoms with Crippen LogP contribution in [0.15, 0.2) is 30.3 Å². The molecule has 0 unspecified atom stereocenters. The molecule has 1 fully saturated rings. The Morgan fingerprint density at radius 2 is 2.16 bits per heavy atom. The number of hydrogen-bond donors (Lipinski definition) is 2. The predicted octanol–water partition coefficient (Wildman–Crippen LogP) is 3.15. The summed E-state index contributed by atoms with van der Waals surface area (Å²) < 4.78 is 0. The molecule has 1 aromatic heterocycles. The fourth-order valence-corrected chi connectivity index (χ4v) is 2.38. The third-order valence-electron chi connectivity index (χ3n) is 3.74. The summed E-state index contributed by atoms with van der Waals surface area (Å²) in [6.45, 7) is 0.875. The first-order valence-electron chi connectivity index (χ1n) is 6.61. The molecular weight excluding hydrogens is 240 g/mol. The smallest absolute Gasteiger partial charge is 0.354 e. The fraction of sp³-hybridized carbons (Fsp3) is 0.333. The number of nitrogens with zero attached hydrogens (tertiary/aromatic N) is 1. The number of aromatic nitrogens is 1. The van der Waals surface area contributed by atoms with E-state index in [0.29, 0.717) is 11.7 Å². The highest BCUT2D eigenvalue weighted by molar-refractivity contribution is 5.97. The van der Waals surface area contributed by atoms with Crippen molar-refractivity contribution < 1.29 is 9.90 Å². The van der Waals surface area contributed by atoms with Crippen LogP contribution in [0.25, 0.3) is 10.8 Å². The van der Waals surface area contributed by atoms with Gasteiger partial charge in [-0.25, -0.2) is 9.78 Å². The molecule has 2 aromatic rings. The molecule has 0 aliphatic heterocycles. The molecule has 0 radical (unpaired) electrons. The molecule has 1 aromatic carbocycles. The van der Waals surface area contributed by atoms with Gasteiger partial charge in [0.1, 0.15) is 5.82 Å². The van der Waals surface area contributed by atoms with Crippen LogP contribution in [0.1, 0.15) is 29.8 Å². The van der Waals surface area contributed by atoms with Crippen molar-refractivity contribution in [1.29, 1.82) is 0 Å². The highest BCUT2D eigenvalue weighted by Gasteiger charge is 2.18. The summed E-state index contributed by atoms with van der Waals surface area (Å²) in [7, 11) is 0. The maximum Gasteiger partial charge on any atom is 0.354 e. The molecule has 0 atom stereocenters. The van der Waals surface area contributed by atoms with E-state index in [2.05, 4.69) is 10.3 Å². The number of carboxylic acid groups (broad SMARTS) is 1. The summed E-state index contributed by atoms with van der Waals surface area (Å²) in [5.41, 5.74) is 0.0924. The first-order valence-corrected chi connectivity index (χ1v) is 6.61. The minimum atomic E-state index is -0.988. The van der Waals surface area contributed by atoms with E-state index in [-0.39, 0.29) is 5.69 Å². The zero-order valence-corrected chi connectivity index (χ0v) is 10.6. The zero-order chi connectivity index (χ0) is 13.2. The molecule has 0 amide bonds. The van der Waals surface area contributed by atoms with Gasteiger partial charge in [-0.1, -0.05) is 30.7 Å². The number of fused-ring (bicyclic) bond motifs is 1. The topological polar surface area (TPSA) is 62.2 Å². The molecule has 4 heteroatoms. The van der Waals surface area contributed by atoms with E-state index >= 15 is 0 Å². The Labute approximate surface area is 111 Å². The molecule has 0 bridgehead atoms. The second-order valence-electron chi connectivity index (χ2n) is 5.06. The molecule has 19 heavy (non-hydrogen) atoms. The molecule has 1 aliphatic carbocycles. The van der Waals surface area contributed by atoms with Gasteiger partial charge in [0, 0.05) is 11.9 Å². The van der Waals surface area contributed by atoms with E-state index in [4.69, 9.17) is 5.11 Å². The molecule has 4 nitrogen and oxygen atoms in total. The van der Waals surface area contributed by atoms with Crippen LogP contribution >= 0.6 is 0 Å². The lowest BCUT2D eigenvalue weighted by molar-refractivity contribution is 0.0691. The van der Waals surface area contributed by atoms with Crippen LogP contribution in [0.2, 0.25) is 0 Å². The Morgan fingerprint density at radius 3 is 2.84 bits per heavy atom. The van der Waals surface area contributed by atoms with Crippen LogP contribution in [0.3, 0.4) is 0 Å². The SMILES string of the molecule is O=C(O)c1cc2ccccc2c(NCC2CCC2)n1.